The Kier molecular flexibility index (Phi) is 4.48. The third-order valence-electron chi connectivity index (χ3n) is 2.19. The van der Waals surface area contributed by atoms with Crippen molar-refractivity contribution in [3.63, 3.8) is 0 Å². The van der Waals surface area contributed by atoms with E-state index in [1.165, 1.54) is 0 Å². The smallest absolute Gasteiger partial charge is 0.234 e. The Bertz CT molecular complexity index is 664. The summed E-state index contributed by atoms with van der Waals surface area (Å²) in [6, 6.07) is 2.85. The molecule has 0 bridgehead atoms. The van der Waals surface area contributed by atoms with Gasteiger partial charge in [0.1, 0.15) is 11.6 Å². The van der Waals surface area contributed by atoms with Crippen LogP contribution in [0, 0.1) is 11.6 Å². The van der Waals surface area contributed by atoms with Gasteiger partial charge in [0.2, 0.25) is 17.8 Å². The topological polar surface area (TPSA) is 120 Å². The fourth-order valence-electron chi connectivity index (χ4n) is 1.36. The van der Waals surface area contributed by atoms with Crippen molar-refractivity contribution in [1.29, 1.82) is 0 Å². The zero-order valence-electron chi connectivity index (χ0n) is 10.5. The molecule has 7 nitrogen and oxygen atoms in total. The van der Waals surface area contributed by atoms with Crippen molar-refractivity contribution in [3.05, 3.63) is 29.8 Å². The molecule has 0 saturated heterocycles. The maximum atomic E-state index is 13.4. The van der Waals surface area contributed by atoms with Gasteiger partial charge >= 0.3 is 0 Å². The molecule has 0 saturated carbocycles. The molecule has 0 atom stereocenters. The second-order valence-electron chi connectivity index (χ2n) is 3.80. The van der Waals surface area contributed by atoms with Gasteiger partial charge in [0, 0.05) is 6.07 Å². The zero-order chi connectivity index (χ0) is 15.4. The van der Waals surface area contributed by atoms with Gasteiger partial charge < -0.3 is 16.8 Å². The lowest BCUT2D eigenvalue weighted by atomic mass is 10.3. The SMILES string of the molecule is Nc1nc(N)nc(SCC(=O)Nc2ccc(F)cc2F)n1. The number of rotatable bonds is 4. The van der Waals surface area contributed by atoms with Crippen molar-refractivity contribution < 1.29 is 13.6 Å². The Morgan fingerprint density at radius 1 is 1.19 bits per heavy atom. The molecule has 10 heteroatoms. The van der Waals surface area contributed by atoms with Crippen molar-refractivity contribution >= 4 is 35.3 Å². The van der Waals surface area contributed by atoms with E-state index in [-0.39, 0.29) is 28.5 Å². The molecule has 21 heavy (non-hydrogen) atoms. The molecule has 1 amide bonds. The van der Waals surface area contributed by atoms with Gasteiger partial charge in [-0.15, -0.1) is 0 Å². The highest BCUT2D eigenvalue weighted by molar-refractivity contribution is 7.99. The average molecular weight is 312 g/mol. The lowest BCUT2D eigenvalue weighted by Crippen LogP contribution is -2.15. The number of hydrogen-bond donors (Lipinski definition) is 3. The van der Waals surface area contributed by atoms with Gasteiger partial charge in [0.25, 0.3) is 0 Å². The number of aromatic nitrogens is 3. The number of carbonyl (C=O) groups excluding carboxylic acids is 1. The molecule has 0 spiro atoms. The molecular weight excluding hydrogens is 302 g/mol. The van der Waals surface area contributed by atoms with Crippen molar-refractivity contribution in [1.82, 2.24) is 15.0 Å². The fraction of sp³-hybridized carbons (Fsp3) is 0.0909. The van der Waals surface area contributed by atoms with E-state index in [1.807, 2.05) is 0 Å². The summed E-state index contributed by atoms with van der Waals surface area (Å²) in [5.41, 5.74) is 10.7. The maximum absolute atomic E-state index is 13.4. The summed E-state index contributed by atoms with van der Waals surface area (Å²) in [6.45, 7) is 0. The van der Waals surface area contributed by atoms with Crippen LogP contribution < -0.4 is 16.8 Å². The van der Waals surface area contributed by atoms with Crippen LogP contribution >= 0.6 is 11.8 Å². The Balaban J connectivity index is 1.95. The number of halogens is 2. The number of nitrogen functional groups attached to an aromatic ring is 2. The number of benzene rings is 1. The quantitative estimate of drug-likeness (QED) is 0.721. The second-order valence-corrected chi connectivity index (χ2v) is 4.74. The number of nitrogens with two attached hydrogens (primary N) is 2. The zero-order valence-corrected chi connectivity index (χ0v) is 11.3. The number of carbonyl (C=O) groups is 1. The summed E-state index contributed by atoms with van der Waals surface area (Å²) in [5.74, 6) is -2.31. The largest absolute Gasteiger partial charge is 0.368 e. The fourth-order valence-corrected chi connectivity index (χ4v) is 2.01. The molecule has 110 valence electrons. The van der Waals surface area contributed by atoms with Gasteiger partial charge in [-0.1, -0.05) is 11.8 Å². The van der Waals surface area contributed by atoms with E-state index in [9.17, 15) is 13.6 Å². The van der Waals surface area contributed by atoms with Crippen LogP contribution in [-0.4, -0.2) is 26.6 Å². The van der Waals surface area contributed by atoms with Crippen molar-refractivity contribution in [2.75, 3.05) is 22.5 Å². The molecule has 0 aliphatic rings. The van der Waals surface area contributed by atoms with Gasteiger partial charge in [-0.2, -0.15) is 15.0 Å². The predicted octanol–water partition coefficient (Wildman–Crippen LogP) is 1.04. The lowest BCUT2D eigenvalue weighted by Gasteiger charge is -2.06. The van der Waals surface area contributed by atoms with Gasteiger partial charge in [-0.25, -0.2) is 8.78 Å². The molecule has 5 N–H and O–H groups in total. The lowest BCUT2D eigenvalue weighted by molar-refractivity contribution is -0.113. The van der Waals surface area contributed by atoms with Crippen LogP contribution in [-0.2, 0) is 4.79 Å². The molecule has 2 rings (SSSR count). The standard InChI is InChI=1S/C11H10F2N6OS/c12-5-1-2-7(6(13)3-5)16-8(20)4-21-11-18-9(14)17-10(15)19-11/h1-3H,4H2,(H,16,20)(H4,14,15,17,18,19). The minimum absolute atomic E-state index is 0.0602. The van der Waals surface area contributed by atoms with E-state index in [4.69, 9.17) is 11.5 Å². The van der Waals surface area contributed by atoms with Crippen LogP contribution in [0.5, 0.6) is 0 Å². The van der Waals surface area contributed by atoms with Crippen LogP contribution in [0.3, 0.4) is 0 Å². The Labute approximate surface area is 122 Å². The highest BCUT2D eigenvalue weighted by Crippen LogP contribution is 2.17. The van der Waals surface area contributed by atoms with E-state index in [2.05, 4.69) is 20.3 Å². The molecule has 0 aliphatic heterocycles. The van der Waals surface area contributed by atoms with E-state index in [0.29, 0.717) is 6.07 Å². The molecule has 1 heterocycles. The van der Waals surface area contributed by atoms with Gasteiger partial charge in [-0.3, -0.25) is 4.79 Å². The van der Waals surface area contributed by atoms with Crippen molar-refractivity contribution in [2.24, 2.45) is 0 Å². The molecular formula is C11H10F2N6OS. The van der Waals surface area contributed by atoms with Gasteiger partial charge in [-0.05, 0) is 12.1 Å². The third kappa shape index (κ3) is 4.24. The normalized spacial score (nSPS) is 10.4. The first-order valence-corrected chi connectivity index (χ1v) is 6.57. The van der Waals surface area contributed by atoms with E-state index in [0.717, 1.165) is 23.9 Å². The number of hydrogen-bond acceptors (Lipinski definition) is 7. The van der Waals surface area contributed by atoms with Crippen molar-refractivity contribution in [3.8, 4) is 0 Å². The summed E-state index contributed by atoms with van der Waals surface area (Å²) in [6.07, 6.45) is 0. The number of amides is 1. The summed E-state index contributed by atoms with van der Waals surface area (Å²) in [5, 5.41) is 2.48. The van der Waals surface area contributed by atoms with Crippen LogP contribution in [0.25, 0.3) is 0 Å². The number of nitrogens with zero attached hydrogens (tertiary/aromatic N) is 3. The second kappa shape index (κ2) is 6.31. The highest BCUT2D eigenvalue weighted by atomic mass is 32.2. The average Bonchev–Trinajstić information content (AvgIpc) is 2.39. The number of nitrogens with one attached hydrogen (secondary N) is 1. The Hall–Kier alpha value is -2.49. The first kappa shape index (κ1) is 14.9. The van der Waals surface area contributed by atoms with Gasteiger partial charge in [0.15, 0.2) is 5.16 Å². The molecule has 1 aromatic carbocycles. The maximum Gasteiger partial charge on any atom is 0.234 e. The Morgan fingerprint density at radius 2 is 1.86 bits per heavy atom. The van der Waals surface area contributed by atoms with E-state index in [1.54, 1.807) is 0 Å². The van der Waals surface area contributed by atoms with Gasteiger partial charge in [0.05, 0.1) is 11.4 Å². The molecule has 0 aliphatic carbocycles. The van der Waals surface area contributed by atoms with Crippen LogP contribution in [0.1, 0.15) is 0 Å². The summed E-state index contributed by atoms with van der Waals surface area (Å²) < 4.78 is 26.1. The number of thioether (sulfide) groups is 1. The molecule has 0 fully saturated rings. The van der Waals surface area contributed by atoms with Crippen molar-refractivity contribution in [2.45, 2.75) is 5.16 Å². The Morgan fingerprint density at radius 3 is 2.48 bits per heavy atom. The highest BCUT2D eigenvalue weighted by Gasteiger charge is 2.10. The molecule has 2 aromatic rings. The number of anilines is 3. The third-order valence-corrected chi connectivity index (χ3v) is 3.03. The summed E-state index contributed by atoms with van der Waals surface area (Å²) in [7, 11) is 0. The van der Waals surface area contributed by atoms with Crippen LogP contribution in [0.4, 0.5) is 26.4 Å². The minimum atomic E-state index is -0.859. The molecule has 1 aromatic heterocycles. The van der Waals surface area contributed by atoms with Crippen LogP contribution in [0.2, 0.25) is 0 Å². The summed E-state index contributed by atoms with van der Waals surface area (Å²) >= 11 is 0.954. The monoisotopic (exact) mass is 312 g/mol. The summed E-state index contributed by atoms with van der Waals surface area (Å²) in [4.78, 5) is 22.8. The molecule has 0 radical (unpaired) electrons. The first-order valence-electron chi connectivity index (χ1n) is 5.59. The first-order chi connectivity index (χ1) is 9.94. The van der Waals surface area contributed by atoms with E-state index >= 15 is 0 Å². The predicted molar refractivity (Wildman–Crippen MR) is 74.4 cm³/mol. The molecule has 0 unspecified atom stereocenters. The minimum Gasteiger partial charge on any atom is -0.368 e. The van der Waals surface area contributed by atoms with E-state index < -0.39 is 17.5 Å². The van der Waals surface area contributed by atoms with Crippen LogP contribution in [0.15, 0.2) is 23.4 Å².